The van der Waals surface area contributed by atoms with Gasteiger partial charge >= 0.3 is 0 Å². The monoisotopic (exact) mass is 419 g/mol. The van der Waals surface area contributed by atoms with Gasteiger partial charge in [0.25, 0.3) is 5.91 Å². The molecule has 1 fully saturated rings. The Hall–Kier alpha value is -1.27. The van der Waals surface area contributed by atoms with Gasteiger partial charge in [-0.15, -0.1) is 0 Å². The molecule has 2 aromatic rings. The molecule has 0 radical (unpaired) electrons. The van der Waals surface area contributed by atoms with E-state index < -0.39 is 0 Å². The van der Waals surface area contributed by atoms with Crippen LogP contribution in [0.1, 0.15) is 24.7 Å². The van der Waals surface area contributed by atoms with Crippen LogP contribution in [0, 0.1) is 0 Å². The van der Waals surface area contributed by atoms with E-state index in [0.717, 1.165) is 5.56 Å². The smallest absolute Gasteiger partial charge is 0.267 e. The summed E-state index contributed by atoms with van der Waals surface area (Å²) in [6.45, 7) is 1.03. The number of aromatic nitrogens is 2. The Kier molecular flexibility index (Phi) is 5.89. The fourth-order valence-electron chi connectivity index (χ4n) is 2.67. The number of hydrogen-bond donors (Lipinski definition) is 0. The maximum atomic E-state index is 12.1. The third kappa shape index (κ3) is 4.29. The first-order chi connectivity index (χ1) is 12.0. The molecule has 0 bridgehead atoms. The summed E-state index contributed by atoms with van der Waals surface area (Å²) in [6, 6.07) is 7.22. The number of rotatable bonds is 3. The van der Waals surface area contributed by atoms with Crippen LogP contribution < -0.4 is 0 Å². The van der Waals surface area contributed by atoms with Crippen molar-refractivity contribution in [1.82, 2.24) is 15.0 Å². The van der Waals surface area contributed by atoms with Gasteiger partial charge in [0, 0.05) is 29.6 Å². The van der Waals surface area contributed by atoms with Crippen LogP contribution in [0.25, 0.3) is 11.4 Å². The Bertz CT molecular complexity index is 792. The first-order valence-electron chi connectivity index (χ1n) is 7.55. The van der Waals surface area contributed by atoms with Gasteiger partial charge in [0.05, 0.1) is 0 Å². The van der Waals surface area contributed by atoms with Gasteiger partial charge in [-0.05, 0) is 37.1 Å². The molecule has 9 heteroatoms. The quantitative estimate of drug-likeness (QED) is 0.656. The second kappa shape index (κ2) is 7.96. The van der Waals surface area contributed by atoms with Crippen molar-refractivity contribution in [3.63, 3.8) is 0 Å². The molecule has 0 atom stereocenters. The van der Waals surface area contributed by atoms with E-state index in [9.17, 15) is 4.79 Å². The first-order valence-corrected chi connectivity index (χ1v) is 9.06. The molecular formula is C16H13Cl4N3O2. The Morgan fingerprint density at radius 3 is 2.36 bits per heavy atom. The van der Waals surface area contributed by atoms with Gasteiger partial charge in [0.2, 0.25) is 11.7 Å². The average Bonchev–Trinajstić information content (AvgIpc) is 3.11. The lowest BCUT2D eigenvalue weighted by Gasteiger charge is -2.30. The van der Waals surface area contributed by atoms with Gasteiger partial charge in [-0.25, -0.2) is 0 Å². The van der Waals surface area contributed by atoms with Crippen molar-refractivity contribution in [3.8, 4) is 11.4 Å². The van der Waals surface area contributed by atoms with E-state index in [1.54, 1.807) is 17.0 Å². The van der Waals surface area contributed by atoms with Crippen molar-refractivity contribution < 1.29 is 9.32 Å². The van der Waals surface area contributed by atoms with E-state index in [1.165, 1.54) is 0 Å². The second-order valence-corrected chi connectivity index (χ2v) is 7.37. The molecule has 1 aliphatic heterocycles. The topological polar surface area (TPSA) is 59.2 Å². The molecule has 0 aliphatic carbocycles. The highest BCUT2D eigenvalue weighted by Gasteiger charge is 2.29. The highest BCUT2D eigenvalue weighted by Crippen LogP contribution is 2.30. The molecule has 1 saturated heterocycles. The van der Waals surface area contributed by atoms with Gasteiger partial charge < -0.3 is 9.42 Å². The van der Waals surface area contributed by atoms with E-state index in [1.807, 2.05) is 12.1 Å². The maximum Gasteiger partial charge on any atom is 0.267 e. The highest BCUT2D eigenvalue weighted by atomic mass is 35.5. The highest BCUT2D eigenvalue weighted by molar-refractivity contribution is 6.62. The number of nitrogens with zero attached hydrogens (tertiary/aromatic N) is 3. The predicted molar refractivity (Wildman–Crippen MR) is 97.9 cm³/mol. The lowest BCUT2D eigenvalue weighted by molar-refractivity contribution is -0.127. The summed E-state index contributed by atoms with van der Waals surface area (Å²) in [4.78, 5) is 18.2. The van der Waals surface area contributed by atoms with Crippen molar-refractivity contribution in [3.05, 3.63) is 44.7 Å². The van der Waals surface area contributed by atoms with Crippen LogP contribution in [-0.2, 0) is 4.79 Å². The zero-order valence-electron chi connectivity index (χ0n) is 12.9. The van der Waals surface area contributed by atoms with E-state index >= 15 is 0 Å². The van der Waals surface area contributed by atoms with Crippen LogP contribution in [0.15, 0.2) is 38.3 Å². The minimum Gasteiger partial charge on any atom is -0.339 e. The minimum absolute atomic E-state index is 0.0897. The molecule has 1 aromatic carbocycles. The summed E-state index contributed by atoms with van der Waals surface area (Å²) in [5, 5.41) is 4.51. The van der Waals surface area contributed by atoms with Crippen LogP contribution in [0.4, 0.5) is 0 Å². The zero-order chi connectivity index (χ0) is 18.0. The molecule has 5 nitrogen and oxygen atoms in total. The Morgan fingerprint density at radius 2 is 1.76 bits per heavy atom. The molecule has 2 heterocycles. The van der Waals surface area contributed by atoms with Crippen LogP contribution in [-0.4, -0.2) is 34.0 Å². The molecule has 132 valence electrons. The first kappa shape index (κ1) is 18.5. The van der Waals surface area contributed by atoms with Gasteiger partial charge in [-0.1, -0.05) is 51.6 Å². The number of benzene rings is 1. The van der Waals surface area contributed by atoms with Crippen LogP contribution in [0.3, 0.4) is 0 Å². The number of carbonyl (C=O) groups excluding carboxylic acids is 1. The number of piperidine rings is 1. The zero-order valence-corrected chi connectivity index (χ0v) is 15.9. The lowest BCUT2D eigenvalue weighted by atomic mass is 9.96. The molecule has 0 spiro atoms. The van der Waals surface area contributed by atoms with Crippen LogP contribution in [0.2, 0.25) is 5.02 Å². The normalized spacial score (nSPS) is 15.3. The molecular weight excluding hydrogens is 408 g/mol. The number of amides is 1. The Labute approximate surface area is 164 Å². The summed E-state index contributed by atoms with van der Waals surface area (Å²) < 4.78 is 5.17. The summed E-state index contributed by atoms with van der Waals surface area (Å²) in [7, 11) is 0. The summed E-state index contributed by atoms with van der Waals surface area (Å²) in [6.07, 6.45) is 1.39. The van der Waals surface area contributed by atoms with Crippen molar-refractivity contribution in [2.45, 2.75) is 18.8 Å². The van der Waals surface area contributed by atoms with Gasteiger partial charge in [0.15, 0.2) is 0 Å². The average molecular weight is 421 g/mol. The fourth-order valence-corrected chi connectivity index (χ4v) is 3.07. The third-order valence-electron chi connectivity index (χ3n) is 4.03. The molecule has 25 heavy (non-hydrogen) atoms. The van der Waals surface area contributed by atoms with Crippen molar-refractivity contribution in [2.24, 2.45) is 0 Å². The van der Waals surface area contributed by atoms with Gasteiger partial charge in [0.1, 0.15) is 9.52 Å². The summed E-state index contributed by atoms with van der Waals surface area (Å²) in [5.41, 5.74) is 0.834. The SMILES string of the molecule is O=C(C(Cl)=C(Cl)Cl)N1CCC(c2nc(-c3ccc(Cl)cc3)no2)CC1. The Morgan fingerprint density at radius 1 is 1.12 bits per heavy atom. The van der Waals surface area contributed by atoms with Crippen LogP contribution >= 0.6 is 46.4 Å². The minimum atomic E-state index is -0.368. The molecule has 3 rings (SSSR count). The van der Waals surface area contributed by atoms with E-state index in [-0.39, 0.29) is 21.3 Å². The van der Waals surface area contributed by atoms with Gasteiger partial charge in [-0.2, -0.15) is 4.98 Å². The lowest BCUT2D eigenvalue weighted by Crippen LogP contribution is -2.38. The molecule has 1 amide bonds. The molecule has 1 aromatic heterocycles. The molecule has 0 N–H and O–H groups in total. The van der Waals surface area contributed by atoms with Crippen molar-refractivity contribution >= 4 is 52.3 Å². The van der Waals surface area contributed by atoms with Crippen molar-refractivity contribution in [1.29, 1.82) is 0 Å². The number of hydrogen-bond acceptors (Lipinski definition) is 4. The fraction of sp³-hybridized carbons (Fsp3) is 0.312. The maximum absolute atomic E-state index is 12.1. The molecule has 0 unspecified atom stereocenters. The third-order valence-corrected chi connectivity index (χ3v) is 5.20. The Balaban J connectivity index is 1.65. The molecule has 0 saturated carbocycles. The van der Waals surface area contributed by atoms with Crippen molar-refractivity contribution in [2.75, 3.05) is 13.1 Å². The number of carbonyl (C=O) groups is 1. The number of likely N-dealkylation sites (tertiary alicyclic amines) is 1. The van der Waals surface area contributed by atoms with Crippen LogP contribution in [0.5, 0.6) is 0 Å². The van der Waals surface area contributed by atoms with Gasteiger partial charge in [-0.3, -0.25) is 4.79 Å². The largest absolute Gasteiger partial charge is 0.339 e. The number of halogens is 4. The van der Waals surface area contributed by atoms with E-state index in [4.69, 9.17) is 50.9 Å². The standard InChI is InChI=1S/C16H13Cl4N3O2/c17-11-3-1-9(2-4-11)14-21-15(25-22-14)10-5-7-23(8-6-10)16(24)12(18)13(19)20/h1-4,10H,5-8H2. The predicted octanol–water partition coefficient (Wildman–Crippen LogP) is 4.98. The summed E-state index contributed by atoms with van der Waals surface area (Å²) in [5.74, 6) is 0.804. The second-order valence-electron chi connectivity index (χ2n) is 5.60. The molecule has 1 aliphatic rings. The van der Waals surface area contributed by atoms with E-state index in [2.05, 4.69) is 10.1 Å². The summed E-state index contributed by atoms with van der Waals surface area (Å²) >= 11 is 22.8. The van der Waals surface area contributed by atoms with E-state index in [0.29, 0.717) is 42.7 Å².